The fourth-order valence-corrected chi connectivity index (χ4v) is 2.61. The number of fused-ring (bicyclic) bond motifs is 1. The number of carbonyl (C=O) groups is 2. The van der Waals surface area contributed by atoms with Crippen LogP contribution in [0.25, 0.3) is 0 Å². The van der Waals surface area contributed by atoms with Crippen molar-refractivity contribution in [1.29, 1.82) is 0 Å². The molecule has 19 heavy (non-hydrogen) atoms. The Balaban J connectivity index is 1.60. The third-order valence-corrected chi connectivity index (χ3v) is 3.91. The second kappa shape index (κ2) is 6.37. The summed E-state index contributed by atoms with van der Waals surface area (Å²) in [6.45, 7) is 2.10. The van der Waals surface area contributed by atoms with Gasteiger partial charge in [0.15, 0.2) is 0 Å². The van der Waals surface area contributed by atoms with E-state index in [0.29, 0.717) is 43.8 Å². The van der Waals surface area contributed by atoms with E-state index in [9.17, 15) is 9.59 Å². The van der Waals surface area contributed by atoms with Crippen molar-refractivity contribution in [3.63, 3.8) is 0 Å². The van der Waals surface area contributed by atoms with Gasteiger partial charge in [0, 0.05) is 19.3 Å². The van der Waals surface area contributed by atoms with E-state index >= 15 is 0 Å². The average molecular weight is 270 g/mol. The van der Waals surface area contributed by atoms with Gasteiger partial charge in [0.25, 0.3) is 0 Å². The lowest BCUT2D eigenvalue weighted by Crippen LogP contribution is -2.31. The SMILES string of the molecule is COC(=O)CCCCC(=O)OC1CC2OC2CC1C. The fraction of sp³-hybridized carbons (Fsp3) is 0.857. The first kappa shape index (κ1) is 14.3. The summed E-state index contributed by atoms with van der Waals surface area (Å²) >= 11 is 0. The van der Waals surface area contributed by atoms with Crippen LogP contribution in [0.1, 0.15) is 45.4 Å². The Bertz CT molecular complexity index is 341. The number of hydrogen-bond donors (Lipinski definition) is 0. The normalized spacial score (nSPS) is 32.3. The number of ether oxygens (including phenoxy) is 3. The van der Waals surface area contributed by atoms with Crippen LogP contribution >= 0.6 is 0 Å². The minimum absolute atomic E-state index is 0.00291. The van der Waals surface area contributed by atoms with E-state index in [4.69, 9.17) is 9.47 Å². The lowest BCUT2D eigenvalue weighted by Gasteiger charge is -2.26. The minimum atomic E-state index is -0.230. The van der Waals surface area contributed by atoms with Crippen LogP contribution in [0.3, 0.4) is 0 Å². The molecule has 0 amide bonds. The predicted molar refractivity (Wildman–Crippen MR) is 67.4 cm³/mol. The van der Waals surface area contributed by atoms with Crippen molar-refractivity contribution in [1.82, 2.24) is 0 Å². The zero-order chi connectivity index (χ0) is 13.8. The summed E-state index contributed by atoms with van der Waals surface area (Å²) in [5, 5.41) is 0. The van der Waals surface area contributed by atoms with Crippen molar-refractivity contribution < 1.29 is 23.8 Å². The first-order valence-electron chi connectivity index (χ1n) is 7.02. The molecule has 2 fully saturated rings. The molecular weight excluding hydrogens is 248 g/mol. The van der Waals surface area contributed by atoms with E-state index in [-0.39, 0.29) is 18.0 Å². The highest BCUT2D eigenvalue weighted by Gasteiger charge is 2.48. The number of unbranched alkanes of at least 4 members (excludes halogenated alkanes) is 1. The second-order valence-corrected chi connectivity index (χ2v) is 5.47. The number of epoxide rings is 1. The van der Waals surface area contributed by atoms with E-state index in [1.165, 1.54) is 7.11 Å². The zero-order valence-corrected chi connectivity index (χ0v) is 11.6. The van der Waals surface area contributed by atoms with Gasteiger partial charge in [-0.2, -0.15) is 0 Å². The van der Waals surface area contributed by atoms with Gasteiger partial charge in [-0.25, -0.2) is 0 Å². The quantitative estimate of drug-likeness (QED) is 0.418. The fourth-order valence-electron chi connectivity index (χ4n) is 2.61. The van der Waals surface area contributed by atoms with Crippen LogP contribution in [-0.2, 0) is 23.8 Å². The van der Waals surface area contributed by atoms with E-state index in [1.54, 1.807) is 0 Å². The molecule has 0 aromatic carbocycles. The molecule has 4 unspecified atom stereocenters. The molecule has 1 aliphatic heterocycles. The molecular formula is C14H22O5. The summed E-state index contributed by atoms with van der Waals surface area (Å²) in [4.78, 5) is 22.6. The van der Waals surface area contributed by atoms with Crippen LogP contribution in [0.4, 0.5) is 0 Å². The van der Waals surface area contributed by atoms with E-state index in [1.807, 2.05) is 0 Å². The summed E-state index contributed by atoms with van der Waals surface area (Å²) < 4.78 is 15.5. The highest BCUT2D eigenvalue weighted by molar-refractivity contribution is 5.70. The maximum Gasteiger partial charge on any atom is 0.306 e. The van der Waals surface area contributed by atoms with Gasteiger partial charge in [-0.3, -0.25) is 9.59 Å². The lowest BCUT2D eigenvalue weighted by molar-refractivity contribution is -0.153. The number of rotatable bonds is 6. The number of carbonyl (C=O) groups excluding carboxylic acids is 2. The molecule has 5 nitrogen and oxygen atoms in total. The van der Waals surface area contributed by atoms with E-state index in [0.717, 1.165) is 12.8 Å². The third kappa shape index (κ3) is 4.20. The molecule has 4 atom stereocenters. The molecule has 5 heteroatoms. The van der Waals surface area contributed by atoms with Gasteiger partial charge in [-0.15, -0.1) is 0 Å². The van der Waals surface area contributed by atoms with Crippen molar-refractivity contribution in [2.45, 2.75) is 63.8 Å². The number of methoxy groups -OCH3 is 1. The average Bonchev–Trinajstić information content (AvgIpc) is 3.12. The van der Waals surface area contributed by atoms with Gasteiger partial charge in [-0.05, 0) is 25.2 Å². The van der Waals surface area contributed by atoms with E-state index < -0.39 is 0 Å². The molecule has 0 aromatic heterocycles. The molecule has 1 saturated carbocycles. The Morgan fingerprint density at radius 2 is 1.74 bits per heavy atom. The molecule has 0 aromatic rings. The Kier molecular flexibility index (Phi) is 4.80. The molecule has 0 N–H and O–H groups in total. The zero-order valence-electron chi connectivity index (χ0n) is 11.6. The van der Waals surface area contributed by atoms with Gasteiger partial charge in [-0.1, -0.05) is 6.92 Å². The van der Waals surface area contributed by atoms with Crippen LogP contribution in [-0.4, -0.2) is 37.4 Å². The lowest BCUT2D eigenvalue weighted by atomic mass is 9.88. The Morgan fingerprint density at radius 3 is 2.42 bits per heavy atom. The van der Waals surface area contributed by atoms with Crippen LogP contribution in [0.2, 0.25) is 0 Å². The predicted octanol–water partition coefficient (Wildman–Crippen LogP) is 1.83. The van der Waals surface area contributed by atoms with Crippen LogP contribution in [0.15, 0.2) is 0 Å². The van der Waals surface area contributed by atoms with Gasteiger partial charge >= 0.3 is 11.9 Å². The summed E-state index contributed by atoms with van der Waals surface area (Å²) in [6, 6.07) is 0. The first-order chi connectivity index (χ1) is 9.10. The van der Waals surface area contributed by atoms with Crippen LogP contribution < -0.4 is 0 Å². The van der Waals surface area contributed by atoms with Crippen molar-refractivity contribution in [3.8, 4) is 0 Å². The van der Waals surface area contributed by atoms with Crippen molar-refractivity contribution in [2.24, 2.45) is 5.92 Å². The smallest absolute Gasteiger partial charge is 0.306 e. The van der Waals surface area contributed by atoms with Crippen LogP contribution in [0, 0.1) is 5.92 Å². The van der Waals surface area contributed by atoms with Gasteiger partial charge in [0.1, 0.15) is 6.10 Å². The second-order valence-electron chi connectivity index (χ2n) is 5.47. The summed E-state index contributed by atoms with van der Waals surface area (Å²) in [7, 11) is 1.37. The summed E-state index contributed by atoms with van der Waals surface area (Å²) in [6.07, 6.45) is 4.60. The molecule has 0 spiro atoms. The monoisotopic (exact) mass is 270 g/mol. The Hall–Kier alpha value is -1.10. The summed E-state index contributed by atoms with van der Waals surface area (Å²) in [5.41, 5.74) is 0. The highest BCUT2D eigenvalue weighted by atomic mass is 16.6. The Labute approximate surface area is 113 Å². The first-order valence-corrected chi connectivity index (χ1v) is 7.02. The van der Waals surface area contributed by atoms with Crippen molar-refractivity contribution in [3.05, 3.63) is 0 Å². The number of hydrogen-bond acceptors (Lipinski definition) is 5. The molecule has 0 bridgehead atoms. The van der Waals surface area contributed by atoms with E-state index in [2.05, 4.69) is 11.7 Å². The molecule has 0 radical (unpaired) electrons. The maximum absolute atomic E-state index is 11.7. The third-order valence-electron chi connectivity index (χ3n) is 3.91. The molecule has 1 saturated heterocycles. The molecule has 2 rings (SSSR count). The van der Waals surface area contributed by atoms with Crippen molar-refractivity contribution >= 4 is 11.9 Å². The highest BCUT2D eigenvalue weighted by Crippen LogP contribution is 2.40. The standard InChI is InChI=1S/C14H22O5/c1-9-7-11-12(18-11)8-10(9)19-14(16)6-4-3-5-13(15)17-2/h9-12H,3-8H2,1-2H3. The topological polar surface area (TPSA) is 65.1 Å². The minimum Gasteiger partial charge on any atom is -0.469 e. The Morgan fingerprint density at radius 1 is 1.11 bits per heavy atom. The summed E-state index contributed by atoms with van der Waals surface area (Å²) in [5.74, 6) is -0.0187. The number of esters is 2. The van der Waals surface area contributed by atoms with Crippen LogP contribution in [0.5, 0.6) is 0 Å². The molecule has 108 valence electrons. The molecule has 1 aliphatic carbocycles. The largest absolute Gasteiger partial charge is 0.469 e. The maximum atomic E-state index is 11.7. The molecule has 2 aliphatic rings. The van der Waals surface area contributed by atoms with Crippen molar-refractivity contribution in [2.75, 3.05) is 7.11 Å². The van der Waals surface area contributed by atoms with Gasteiger partial charge in [0.2, 0.25) is 0 Å². The molecule has 1 heterocycles. The van der Waals surface area contributed by atoms with Gasteiger partial charge in [0.05, 0.1) is 19.3 Å². The van der Waals surface area contributed by atoms with Gasteiger partial charge < -0.3 is 14.2 Å².